The molecule has 1 saturated heterocycles. The van der Waals surface area contributed by atoms with Gasteiger partial charge in [-0.1, -0.05) is 29.5 Å². The topological polar surface area (TPSA) is 93.1 Å². The van der Waals surface area contributed by atoms with Crippen LogP contribution in [-0.4, -0.2) is 54.7 Å². The Hall–Kier alpha value is -0.640. The van der Waals surface area contributed by atoms with Crippen LogP contribution in [0.15, 0.2) is 29.2 Å². The van der Waals surface area contributed by atoms with Crippen LogP contribution in [0.2, 0.25) is 0 Å². The molecule has 0 bridgehead atoms. The third-order valence-corrected chi connectivity index (χ3v) is 5.08. The van der Waals surface area contributed by atoms with Gasteiger partial charge in [0, 0.05) is 4.90 Å². The fraction of sp³-hybridized carbons (Fsp3) is 0.571. The van der Waals surface area contributed by atoms with E-state index in [0.717, 1.165) is 16.7 Å². The Morgan fingerprint density at radius 3 is 2.32 bits per heavy atom. The summed E-state index contributed by atoms with van der Waals surface area (Å²) in [5.41, 5.74) is 0.379. The van der Waals surface area contributed by atoms with E-state index in [2.05, 4.69) is 0 Å². The molecule has 6 nitrogen and oxygen atoms in total. The zero-order valence-electron chi connectivity index (χ0n) is 12.5. The third-order valence-electron chi connectivity index (χ3n) is 3.34. The summed E-state index contributed by atoms with van der Waals surface area (Å²) in [7, 11) is -3.80. The van der Waals surface area contributed by atoms with E-state index in [-0.39, 0.29) is 0 Å². The van der Waals surface area contributed by atoms with Gasteiger partial charge in [-0.3, -0.25) is 4.18 Å². The first-order valence-electron chi connectivity index (χ1n) is 6.80. The number of thioether (sulfide) groups is 1. The SMILES string of the molecule is Cc1ccc(S[C@H]2O[C@@H](C)[C@@H](O)[C@@H](OS(C)(=O)=O)[C@@H]2O)cc1. The Bertz CT molecular complexity index is 600. The lowest BCUT2D eigenvalue weighted by Crippen LogP contribution is -2.57. The quantitative estimate of drug-likeness (QED) is 0.781. The van der Waals surface area contributed by atoms with Gasteiger partial charge in [0.25, 0.3) is 10.1 Å². The van der Waals surface area contributed by atoms with Crippen molar-refractivity contribution in [1.29, 1.82) is 0 Å². The van der Waals surface area contributed by atoms with Gasteiger partial charge in [0.2, 0.25) is 0 Å². The molecule has 0 saturated carbocycles. The zero-order chi connectivity index (χ0) is 16.5. The molecule has 1 aliphatic rings. The molecule has 1 heterocycles. The largest absolute Gasteiger partial charge is 0.388 e. The van der Waals surface area contributed by atoms with Crippen LogP contribution < -0.4 is 0 Å². The summed E-state index contributed by atoms with van der Waals surface area (Å²) in [4.78, 5) is 0.872. The molecule has 1 aromatic carbocycles. The standard InChI is InChI=1S/C14H20O6S2/c1-8-4-6-10(7-5-8)21-14-12(16)13(20-22(3,17)18)11(15)9(2)19-14/h4-7,9,11-16H,1-3H3/t9-,11+,12-,13+,14+/m0/s1. The average Bonchev–Trinajstić information content (AvgIpc) is 2.42. The molecule has 124 valence electrons. The lowest BCUT2D eigenvalue weighted by atomic mass is 10.0. The van der Waals surface area contributed by atoms with Crippen molar-refractivity contribution in [1.82, 2.24) is 0 Å². The molecule has 22 heavy (non-hydrogen) atoms. The minimum Gasteiger partial charge on any atom is -0.388 e. The minimum atomic E-state index is -3.80. The van der Waals surface area contributed by atoms with E-state index in [1.165, 1.54) is 11.8 Å². The molecule has 1 aromatic rings. The highest BCUT2D eigenvalue weighted by atomic mass is 32.2. The van der Waals surface area contributed by atoms with Crippen LogP contribution in [-0.2, 0) is 19.0 Å². The lowest BCUT2D eigenvalue weighted by molar-refractivity contribution is -0.183. The van der Waals surface area contributed by atoms with Gasteiger partial charge in [-0.15, -0.1) is 0 Å². The fourth-order valence-electron chi connectivity index (χ4n) is 2.16. The molecule has 1 fully saturated rings. The van der Waals surface area contributed by atoms with Crippen LogP contribution in [0.4, 0.5) is 0 Å². The van der Waals surface area contributed by atoms with Crippen molar-refractivity contribution in [3.63, 3.8) is 0 Å². The number of ether oxygens (including phenoxy) is 1. The van der Waals surface area contributed by atoms with Gasteiger partial charge in [-0.2, -0.15) is 8.42 Å². The molecule has 5 atom stereocenters. The summed E-state index contributed by atoms with van der Waals surface area (Å²) >= 11 is 1.26. The third kappa shape index (κ3) is 4.43. The maximum absolute atomic E-state index is 11.3. The highest BCUT2D eigenvalue weighted by Crippen LogP contribution is 2.34. The number of aryl methyl sites for hydroxylation is 1. The summed E-state index contributed by atoms with van der Waals surface area (Å²) < 4.78 is 33.0. The Labute approximate surface area is 134 Å². The van der Waals surface area contributed by atoms with E-state index < -0.39 is 40.0 Å². The van der Waals surface area contributed by atoms with E-state index in [1.807, 2.05) is 31.2 Å². The number of aliphatic hydroxyl groups is 2. The fourth-order valence-corrected chi connectivity index (χ4v) is 3.88. The Morgan fingerprint density at radius 2 is 1.77 bits per heavy atom. The number of benzene rings is 1. The summed E-state index contributed by atoms with van der Waals surface area (Å²) in [6.45, 7) is 3.58. The van der Waals surface area contributed by atoms with E-state index >= 15 is 0 Å². The van der Waals surface area contributed by atoms with Crippen LogP contribution in [0.1, 0.15) is 12.5 Å². The molecular formula is C14H20O6S2. The zero-order valence-corrected chi connectivity index (χ0v) is 14.2. The van der Waals surface area contributed by atoms with Gasteiger partial charge in [0.1, 0.15) is 23.7 Å². The Kier molecular flexibility index (Phi) is 5.52. The predicted octanol–water partition coefficient (Wildman–Crippen LogP) is 0.899. The minimum absolute atomic E-state index is 0.655. The second-order valence-corrected chi connectivity index (χ2v) is 8.16. The first-order valence-corrected chi connectivity index (χ1v) is 9.50. The first kappa shape index (κ1) is 17.7. The van der Waals surface area contributed by atoms with Gasteiger partial charge in [-0.25, -0.2) is 0 Å². The van der Waals surface area contributed by atoms with Crippen molar-refractivity contribution >= 4 is 21.9 Å². The van der Waals surface area contributed by atoms with Gasteiger partial charge >= 0.3 is 0 Å². The molecule has 0 unspecified atom stereocenters. The summed E-state index contributed by atoms with van der Waals surface area (Å²) in [6.07, 6.45) is -3.51. The van der Waals surface area contributed by atoms with Crippen LogP contribution in [0.25, 0.3) is 0 Å². The summed E-state index contributed by atoms with van der Waals surface area (Å²) in [5, 5.41) is 20.3. The smallest absolute Gasteiger partial charge is 0.264 e. The molecule has 2 rings (SSSR count). The molecule has 2 N–H and O–H groups in total. The summed E-state index contributed by atoms with van der Waals surface area (Å²) in [5.74, 6) is 0. The predicted molar refractivity (Wildman–Crippen MR) is 83.1 cm³/mol. The van der Waals surface area contributed by atoms with Crippen molar-refractivity contribution in [2.24, 2.45) is 0 Å². The van der Waals surface area contributed by atoms with Gasteiger partial charge in [0.05, 0.1) is 12.4 Å². The lowest BCUT2D eigenvalue weighted by Gasteiger charge is -2.40. The maximum Gasteiger partial charge on any atom is 0.264 e. The Balaban J connectivity index is 2.16. The van der Waals surface area contributed by atoms with Gasteiger partial charge in [0.15, 0.2) is 0 Å². The molecule has 0 amide bonds. The molecule has 1 aliphatic heterocycles. The van der Waals surface area contributed by atoms with E-state index in [9.17, 15) is 18.6 Å². The van der Waals surface area contributed by atoms with Crippen LogP contribution in [0.5, 0.6) is 0 Å². The number of aliphatic hydroxyl groups excluding tert-OH is 2. The number of hydrogen-bond acceptors (Lipinski definition) is 7. The molecular weight excluding hydrogens is 328 g/mol. The normalized spacial score (nSPS) is 32.9. The number of rotatable bonds is 4. The average molecular weight is 348 g/mol. The van der Waals surface area contributed by atoms with Crippen molar-refractivity contribution in [2.75, 3.05) is 6.26 Å². The highest BCUT2D eigenvalue weighted by molar-refractivity contribution is 7.99. The van der Waals surface area contributed by atoms with Crippen molar-refractivity contribution < 1.29 is 27.6 Å². The van der Waals surface area contributed by atoms with Crippen LogP contribution in [0, 0.1) is 6.92 Å². The van der Waals surface area contributed by atoms with Crippen molar-refractivity contribution in [2.45, 2.75) is 48.6 Å². The van der Waals surface area contributed by atoms with E-state index in [1.54, 1.807) is 6.92 Å². The van der Waals surface area contributed by atoms with Crippen molar-refractivity contribution in [3.8, 4) is 0 Å². The molecule has 0 aromatic heterocycles. The van der Waals surface area contributed by atoms with E-state index in [4.69, 9.17) is 8.92 Å². The monoisotopic (exact) mass is 348 g/mol. The summed E-state index contributed by atoms with van der Waals surface area (Å²) in [6, 6.07) is 7.64. The highest BCUT2D eigenvalue weighted by Gasteiger charge is 2.45. The van der Waals surface area contributed by atoms with Gasteiger partial charge in [-0.05, 0) is 26.0 Å². The van der Waals surface area contributed by atoms with Crippen LogP contribution in [0.3, 0.4) is 0 Å². The Morgan fingerprint density at radius 1 is 1.18 bits per heavy atom. The molecule has 8 heteroatoms. The van der Waals surface area contributed by atoms with Gasteiger partial charge < -0.3 is 14.9 Å². The number of hydrogen-bond donors (Lipinski definition) is 2. The van der Waals surface area contributed by atoms with E-state index in [0.29, 0.717) is 0 Å². The van der Waals surface area contributed by atoms with Crippen molar-refractivity contribution in [3.05, 3.63) is 29.8 Å². The first-order chi connectivity index (χ1) is 10.2. The van der Waals surface area contributed by atoms with Crippen LogP contribution >= 0.6 is 11.8 Å². The molecule has 0 spiro atoms. The molecule has 0 aliphatic carbocycles. The maximum atomic E-state index is 11.3. The second kappa shape index (κ2) is 6.86. The second-order valence-electron chi connectivity index (χ2n) is 5.39. The molecule has 0 radical (unpaired) electrons.